The van der Waals surface area contributed by atoms with Gasteiger partial charge in [0.1, 0.15) is 10.3 Å². The highest BCUT2D eigenvalue weighted by atomic mass is 35.5. The summed E-state index contributed by atoms with van der Waals surface area (Å²) in [6.07, 6.45) is 1.59. The highest BCUT2D eigenvalue weighted by molar-refractivity contribution is 6.37. The van der Waals surface area contributed by atoms with Crippen LogP contribution in [0.15, 0.2) is 35.3 Å². The van der Waals surface area contributed by atoms with Crippen molar-refractivity contribution in [1.82, 2.24) is 14.9 Å². The van der Waals surface area contributed by atoms with Crippen molar-refractivity contribution in [3.8, 4) is 11.1 Å². The minimum absolute atomic E-state index is 0.239. The fourth-order valence-electron chi connectivity index (χ4n) is 1.47. The number of aliphatic imine (C=N–C) groups is 1. The normalized spacial score (nSPS) is 10.9. The Balaban J connectivity index is 2.44. The summed E-state index contributed by atoms with van der Waals surface area (Å²) in [7, 11) is 3.70. The molecule has 0 aliphatic carbocycles. The number of aromatic nitrogens is 2. The fraction of sp³-hybridized carbons (Fsp3) is 0.154. The zero-order valence-corrected chi connectivity index (χ0v) is 12.0. The lowest BCUT2D eigenvalue weighted by Crippen LogP contribution is -2.07. The van der Waals surface area contributed by atoms with E-state index in [-0.39, 0.29) is 16.3 Å². The second kappa shape index (κ2) is 5.99. The molecular formula is C13H12Cl2N4. The van der Waals surface area contributed by atoms with E-state index in [0.717, 1.165) is 5.56 Å². The minimum atomic E-state index is 0.239. The van der Waals surface area contributed by atoms with Crippen molar-refractivity contribution in [3.63, 3.8) is 0 Å². The van der Waals surface area contributed by atoms with Gasteiger partial charge in [-0.25, -0.2) is 4.99 Å². The van der Waals surface area contributed by atoms with Gasteiger partial charge in [0, 0.05) is 14.1 Å². The lowest BCUT2D eigenvalue weighted by molar-refractivity contribution is 0.642. The molecule has 0 unspecified atom stereocenters. The van der Waals surface area contributed by atoms with E-state index >= 15 is 0 Å². The molecule has 4 nitrogen and oxygen atoms in total. The predicted octanol–water partition coefficient (Wildman–Crippen LogP) is 3.67. The summed E-state index contributed by atoms with van der Waals surface area (Å²) in [6, 6.07) is 9.53. The van der Waals surface area contributed by atoms with Crippen molar-refractivity contribution >= 4 is 35.5 Å². The van der Waals surface area contributed by atoms with Crippen LogP contribution in [0.25, 0.3) is 11.1 Å². The standard InChI is InChI=1S/C13H12Cl2N4/c1-19(2)8-16-13-17-11(14)10(12(15)18-13)9-6-4-3-5-7-9/h3-8H,1-2H3/b16-8+. The van der Waals surface area contributed by atoms with E-state index in [4.69, 9.17) is 23.2 Å². The Kier molecular flexibility index (Phi) is 4.35. The first-order valence-electron chi connectivity index (χ1n) is 5.57. The molecule has 0 aliphatic rings. The molecule has 0 aliphatic heterocycles. The van der Waals surface area contributed by atoms with Crippen molar-refractivity contribution < 1.29 is 0 Å². The maximum atomic E-state index is 6.16. The molecule has 1 aromatic heterocycles. The third-order valence-electron chi connectivity index (χ3n) is 2.28. The van der Waals surface area contributed by atoms with Gasteiger partial charge in [-0.1, -0.05) is 53.5 Å². The van der Waals surface area contributed by atoms with E-state index in [1.54, 1.807) is 11.2 Å². The lowest BCUT2D eigenvalue weighted by Gasteiger charge is -2.07. The molecule has 0 amide bonds. The van der Waals surface area contributed by atoms with E-state index in [1.807, 2.05) is 44.4 Å². The van der Waals surface area contributed by atoms with Gasteiger partial charge in [-0.05, 0) is 5.56 Å². The van der Waals surface area contributed by atoms with E-state index in [0.29, 0.717) is 5.56 Å². The molecule has 2 aromatic rings. The van der Waals surface area contributed by atoms with Gasteiger partial charge < -0.3 is 4.90 Å². The average Bonchev–Trinajstić information content (AvgIpc) is 2.37. The molecule has 0 atom stereocenters. The molecule has 0 saturated carbocycles. The fourth-order valence-corrected chi connectivity index (χ4v) is 2.06. The molecule has 1 aromatic carbocycles. The zero-order valence-electron chi connectivity index (χ0n) is 10.5. The van der Waals surface area contributed by atoms with Crippen LogP contribution in [0.4, 0.5) is 5.95 Å². The summed E-state index contributed by atoms with van der Waals surface area (Å²) in [5.41, 5.74) is 1.49. The Hall–Kier alpha value is -1.65. The van der Waals surface area contributed by atoms with Gasteiger partial charge in [-0.15, -0.1) is 0 Å². The number of benzene rings is 1. The first kappa shape index (κ1) is 13.8. The van der Waals surface area contributed by atoms with Crippen molar-refractivity contribution in [2.75, 3.05) is 14.1 Å². The summed E-state index contributed by atoms with van der Waals surface area (Å²) in [5, 5.41) is 0.578. The van der Waals surface area contributed by atoms with Crippen LogP contribution in [0.2, 0.25) is 10.3 Å². The van der Waals surface area contributed by atoms with Crippen LogP contribution < -0.4 is 0 Å². The van der Waals surface area contributed by atoms with Crippen molar-refractivity contribution in [2.24, 2.45) is 4.99 Å². The maximum absolute atomic E-state index is 6.16. The quantitative estimate of drug-likeness (QED) is 0.493. The molecular weight excluding hydrogens is 283 g/mol. The lowest BCUT2D eigenvalue weighted by atomic mass is 10.1. The van der Waals surface area contributed by atoms with E-state index < -0.39 is 0 Å². The van der Waals surface area contributed by atoms with Gasteiger partial charge in [-0.3, -0.25) is 0 Å². The van der Waals surface area contributed by atoms with Gasteiger partial charge in [-0.2, -0.15) is 9.97 Å². The summed E-state index contributed by atoms with van der Waals surface area (Å²) < 4.78 is 0. The minimum Gasteiger partial charge on any atom is -0.369 e. The molecule has 98 valence electrons. The van der Waals surface area contributed by atoms with Crippen LogP contribution in [-0.4, -0.2) is 35.3 Å². The Morgan fingerprint density at radius 1 is 1.05 bits per heavy atom. The van der Waals surface area contributed by atoms with Gasteiger partial charge >= 0.3 is 0 Å². The molecule has 2 rings (SSSR count). The predicted molar refractivity (Wildman–Crippen MR) is 79.3 cm³/mol. The Labute approximate surface area is 121 Å². The SMILES string of the molecule is CN(C)/C=N/c1nc(Cl)c(-c2ccccc2)c(Cl)n1. The molecule has 1 heterocycles. The summed E-state index contributed by atoms with van der Waals surface area (Å²) >= 11 is 12.3. The zero-order chi connectivity index (χ0) is 13.8. The number of rotatable bonds is 3. The molecule has 0 radical (unpaired) electrons. The molecule has 0 N–H and O–H groups in total. The first-order valence-corrected chi connectivity index (χ1v) is 6.32. The Morgan fingerprint density at radius 3 is 2.16 bits per heavy atom. The van der Waals surface area contributed by atoms with Gasteiger partial charge in [0.25, 0.3) is 5.95 Å². The number of halogens is 2. The van der Waals surface area contributed by atoms with Crippen LogP contribution in [0.3, 0.4) is 0 Å². The molecule has 6 heteroatoms. The number of nitrogens with zero attached hydrogens (tertiary/aromatic N) is 4. The maximum Gasteiger partial charge on any atom is 0.253 e. The van der Waals surface area contributed by atoms with Crippen LogP contribution >= 0.6 is 23.2 Å². The number of hydrogen-bond donors (Lipinski definition) is 0. The van der Waals surface area contributed by atoms with Crippen LogP contribution in [0.1, 0.15) is 0 Å². The van der Waals surface area contributed by atoms with Gasteiger partial charge in [0.2, 0.25) is 0 Å². The monoisotopic (exact) mass is 294 g/mol. The van der Waals surface area contributed by atoms with E-state index in [2.05, 4.69) is 15.0 Å². The summed E-state index contributed by atoms with van der Waals surface area (Å²) in [5.74, 6) is 0.239. The highest BCUT2D eigenvalue weighted by Gasteiger charge is 2.12. The number of hydrogen-bond acceptors (Lipinski definition) is 3. The van der Waals surface area contributed by atoms with Crippen molar-refractivity contribution in [3.05, 3.63) is 40.6 Å². The van der Waals surface area contributed by atoms with Crippen molar-refractivity contribution in [1.29, 1.82) is 0 Å². The Bertz CT molecular complexity index is 574. The third-order valence-corrected chi connectivity index (χ3v) is 2.82. The molecule has 19 heavy (non-hydrogen) atoms. The third kappa shape index (κ3) is 3.43. The topological polar surface area (TPSA) is 41.4 Å². The highest BCUT2D eigenvalue weighted by Crippen LogP contribution is 2.33. The average molecular weight is 295 g/mol. The second-order valence-electron chi connectivity index (χ2n) is 4.05. The van der Waals surface area contributed by atoms with E-state index in [1.165, 1.54) is 0 Å². The van der Waals surface area contributed by atoms with Gasteiger partial charge in [0.15, 0.2) is 0 Å². The summed E-state index contributed by atoms with van der Waals surface area (Å²) in [4.78, 5) is 14.1. The van der Waals surface area contributed by atoms with Crippen LogP contribution in [0, 0.1) is 0 Å². The Morgan fingerprint density at radius 2 is 1.63 bits per heavy atom. The molecule has 0 saturated heterocycles. The van der Waals surface area contributed by atoms with Crippen LogP contribution in [0.5, 0.6) is 0 Å². The van der Waals surface area contributed by atoms with Crippen molar-refractivity contribution in [2.45, 2.75) is 0 Å². The van der Waals surface area contributed by atoms with Gasteiger partial charge in [0.05, 0.1) is 11.9 Å². The molecule has 0 spiro atoms. The first-order chi connectivity index (χ1) is 9.08. The molecule has 0 fully saturated rings. The largest absolute Gasteiger partial charge is 0.369 e. The van der Waals surface area contributed by atoms with Crippen LogP contribution in [-0.2, 0) is 0 Å². The molecule has 0 bridgehead atoms. The second-order valence-corrected chi connectivity index (χ2v) is 4.77. The summed E-state index contributed by atoms with van der Waals surface area (Å²) in [6.45, 7) is 0. The smallest absolute Gasteiger partial charge is 0.253 e. The van der Waals surface area contributed by atoms with E-state index in [9.17, 15) is 0 Å².